The molecule has 0 radical (unpaired) electrons. The number of para-hydroxylation sites is 1. The zero-order valence-corrected chi connectivity index (χ0v) is 20.0. The number of carbonyl (C=O) groups excluding carboxylic acids is 2. The van der Waals surface area contributed by atoms with Crippen molar-refractivity contribution in [2.24, 2.45) is 5.41 Å². The van der Waals surface area contributed by atoms with Crippen molar-refractivity contribution in [3.8, 4) is 5.69 Å². The largest absolute Gasteiger partial charge is 0.339 e. The fourth-order valence-electron chi connectivity index (χ4n) is 5.92. The van der Waals surface area contributed by atoms with Crippen LogP contribution in [0.15, 0.2) is 79.1 Å². The van der Waals surface area contributed by atoms with Gasteiger partial charge in [-0.3, -0.25) is 4.79 Å². The van der Waals surface area contributed by atoms with Gasteiger partial charge in [0, 0.05) is 50.5 Å². The Morgan fingerprint density at radius 1 is 0.800 bits per heavy atom. The molecule has 1 spiro atoms. The second kappa shape index (κ2) is 8.91. The van der Waals surface area contributed by atoms with Gasteiger partial charge in [-0.15, -0.1) is 0 Å². The Morgan fingerprint density at radius 2 is 1.46 bits per heavy atom. The number of urea groups is 1. The van der Waals surface area contributed by atoms with Crippen molar-refractivity contribution in [1.29, 1.82) is 0 Å². The fraction of sp³-hybridized carbons (Fsp3) is 0.379. The Kier molecular flexibility index (Phi) is 5.59. The summed E-state index contributed by atoms with van der Waals surface area (Å²) in [5, 5.41) is 3.25. The minimum absolute atomic E-state index is 0.0736. The molecule has 2 aromatic carbocycles. The van der Waals surface area contributed by atoms with Gasteiger partial charge in [0.2, 0.25) is 0 Å². The van der Waals surface area contributed by atoms with Crippen molar-refractivity contribution in [2.75, 3.05) is 26.2 Å². The van der Waals surface area contributed by atoms with E-state index >= 15 is 0 Å². The first-order valence-electron chi connectivity index (χ1n) is 12.7. The molecule has 0 unspecified atom stereocenters. The number of amides is 3. The third kappa shape index (κ3) is 4.33. The van der Waals surface area contributed by atoms with Crippen LogP contribution in [0.4, 0.5) is 4.79 Å². The van der Waals surface area contributed by atoms with E-state index in [1.165, 1.54) is 5.56 Å². The molecule has 3 aliphatic rings. The molecule has 35 heavy (non-hydrogen) atoms. The van der Waals surface area contributed by atoms with Crippen LogP contribution in [0.1, 0.15) is 47.5 Å². The quantitative estimate of drug-likeness (QED) is 0.605. The standard InChI is InChI=1S/C29H32N4O2/c34-27(23-10-4-5-11-26(23)31-15-6-7-16-31)32-17-12-29(13-18-32)14-19-33(21-29)28(35)30-25-20-24(25)22-8-2-1-3-9-22/h1-11,15-16,24-25H,12-14,17-21H2,(H,30,35)/t24-,25+/m0/s1. The molecule has 1 aliphatic carbocycles. The van der Waals surface area contributed by atoms with Crippen LogP contribution >= 0.6 is 0 Å². The van der Waals surface area contributed by atoms with Crippen LogP contribution in [0, 0.1) is 5.41 Å². The molecule has 2 aliphatic heterocycles. The molecule has 3 heterocycles. The van der Waals surface area contributed by atoms with Gasteiger partial charge in [0.25, 0.3) is 5.91 Å². The van der Waals surface area contributed by atoms with E-state index in [0.29, 0.717) is 5.92 Å². The number of carbonyl (C=O) groups is 2. The molecule has 2 saturated heterocycles. The number of hydrogen-bond acceptors (Lipinski definition) is 2. The van der Waals surface area contributed by atoms with E-state index in [2.05, 4.69) is 29.6 Å². The Balaban J connectivity index is 1.04. The van der Waals surface area contributed by atoms with Crippen molar-refractivity contribution in [3.05, 3.63) is 90.3 Å². The summed E-state index contributed by atoms with van der Waals surface area (Å²) in [6.45, 7) is 3.09. The van der Waals surface area contributed by atoms with Crippen molar-refractivity contribution in [3.63, 3.8) is 0 Å². The highest BCUT2D eigenvalue weighted by Gasteiger charge is 2.45. The van der Waals surface area contributed by atoms with Crippen LogP contribution in [-0.2, 0) is 0 Å². The van der Waals surface area contributed by atoms with Gasteiger partial charge in [0.15, 0.2) is 0 Å². The van der Waals surface area contributed by atoms with Gasteiger partial charge >= 0.3 is 6.03 Å². The molecule has 6 nitrogen and oxygen atoms in total. The van der Waals surface area contributed by atoms with Gasteiger partial charge in [-0.25, -0.2) is 4.79 Å². The summed E-state index contributed by atoms with van der Waals surface area (Å²) in [6.07, 6.45) is 7.89. The normalized spacial score (nSPS) is 22.9. The molecular weight excluding hydrogens is 436 g/mol. The first-order valence-corrected chi connectivity index (χ1v) is 12.7. The highest BCUT2D eigenvalue weighted by Crippen LogP contribution is 2.43. The van der Waals surface area contributed by atoms with Crippen LogP contribution in [0.25, 0.3) is 5.69 Å². The van der Waals surface area contributed by atoms with E-state index in [-0.39, 0.29) is 23.4 Å². The van der Waals surface area contributed by atoms with Crippen molar-refractivity contribution in [2.45, 2.75) is 37.6 Å². The number of likely N-dealkylation sites (tertiary alicyclic amines) is 2. The summed E-state index contributed by atoms with van der Waals surface area (Å²) < 4.78 is 1.99. The first-order chi connectivity index (χ1) is 17.1. The average molecular weight is 469 g/mol. The van der Waals surface area contributed by atoms with E-state index in [9.17, 15) is 9.59 Å². The van der Waals surface area contributed by atoms with Crippen LogP contribution in [0.2, 0.25) is 0 Å². The van der Waals surface area contributed by atoms with Crippen LogP contribution in [0.5, 0.6) is 0 Å². The molecule has 1 saturated carbocycles. The van der Waals surface area contributed by atoms with Gasteiger partial charge < -0.3 is 19.7 Å². The minimum Gasteiger partial charge on any atom is -0.339 e. The van der Waals surface area contributed by atoms with Crippen molar-refractivity contribution >= 4 is 11.9 Å². The topological polar surface area (TPSA) is 57.6 Å². The SMILES string of the molecule is O=C(N[C@@H]1C[C@H]1c1ccccc1)N1CCC2(CCN(C(=O)c3ccccc3-n3cccc3)CC2)C1. The van der Waals surface area contributed by atoms with E-state index in [1.54, 1.807) is 0 Å². The van der Waals surface area contributed by atoms with Gasteiger partial charge in [-0.05, 0) is 60.9 Å². The summed E-state index contributed by atoms with van der Waals surface area (Å²) in [5.74, 6) is 0.540. The lowest BCUT2D eigenvalue weighted by molar-refractivity contribution is 0.0593. The Hall–Kier alpha value is -3.54. The van der Waals surface area contributed by atoms with Gasteiger partial charge in [-0.2, -0.15) is 0 Å². The number of piperidine rings is 1. The first kappa shape index (κ1) is 22.0. The Labute approximate surface area is 206 Å². The molecule has 0 bridgehead atoms. The van der Waals surface area contributed by atoms with Crippen molar-refractivity contribution in [1.82, 2.24) is 19.7 Å². The maximum absolute atomic E-state index is 13.4. The predicted octanol–water partition coefficient (Wildman–Crippen LogP) is 4.67. The van der Waals surface area contributed by atoms with Crippen LogP contribution in [-0.4, -0.2) is 58.5 Å². The lowest BCUT2D eigenvalue weighted by Crippen LogP contribution is -2.46. The third-order valence-electron chi connectivity index (χ3n) is 8.18. The minimum atomic E-state index is 0.0736. The fourth-order valence-corrected chi connectivity index (χ4v) is 5.92. The highest BCUT2D eigenvalue weighted by atomic mass is 16.2. The third-order valence-corrected chi connectivity index (χ3v) is 8.18. The number of benzene rings is 2. The second-order valence-corrected chi connectivity index (χ2v) is 10.4. The van der Waals surface area contributed by atoms with Gasteiger partial charge in [0.1, 0.15) is 0 Å². The Morgan fingerprint density at radius 3 is 2.20 bits per heavy atom. The molecule has 6 rings (SSSR count). The second-order valence-electron chi connectivity index (χ2n) is 10.4. The molecular formula is C29H32N4O2. The molecule has 3 aromatic rings. The molecule has 1 aromatic heterocycles. The summed E-state index contributed by atoms with van der Waals surface area (Å²) in [6, 6.07) is 22.5. The predicted molar refractivity (Wildman–Crippen MR) is 136 cm³/mol. The van der Waals surface area contributed by atoms with Crippen LogP contribution in [0.3, 0.4) is 0 Å². The highest BCUT2D eigenvalue weighted by molar-refractivity contribution is 5.97. The number of rotatable bonds is 4. The van der Waals surface area contributed by atoms with E-state index in [1.807, 2.05) is 69.2 Å². The number of aromatic nitrogens is 1. The van der Waals surface area contributed by atoms with Crippen LogP contribution < -0.4 is 5.32 Å². The maximum Gasteiger partial charge on any atom is 0.317 e. The average Bonchev–Trinajstić information content (AvgIpc) is 3.27. The van der Waals surface area contributed by atoms with Gasteiger partial charge in [0.05, 0.1) is 11.3 Å². The van der Waals surface area contributed by atoms with Gasteiger partial charge in [-0.1, -0.05) is 42.5 Å². The molecule has 180 valence electrons. The molecule has 3 amide bonds. The number of hydrogen-bond donors (Lipinski definition) is 1. The van der Waals surface area contributed by atoms with E-state index < -0.39 is 0 Å². The lowest BCUT2D eigenvalue weighted by Gasteiger charge is -2.39. The summed E-state index contributed by atoms with van der Waals surface area (Å²) >= 11 is 0. The zero-order valence-electron chi connectivity index (χ0n) is 20.0. The van der Waals surface area contributed by atoms with E-state index in [4.69, 9.17) is 0 Å². The molecule has 2 atom stereocenters. The monoisotopic (exact) mass is 468 g/mol. The summed E-state index contributed by atoms with van der Waals surface area (Å²) in [5.41, 5.74) is 3.10. The molecule has 6 heteroatoms. The van der Waals surface area contributed by atoms with E-state index in [0.717, 1.165) is 63.1 Å². The molecule has 3 fully saturated rings. The zero-order chi connectivity index (χ0) is 23.8. The smallest absolute Gasteiger partial charge is 0.317 e. The summed E-state index contributed by atoms with van der Waals surface area (Å²) in [7, 11) is 0. The number of nitrogens with one attached hydrogen (secondary N) is 1. The lowest BCUT2D eigenvalue weighted by atomic mass is 9.77. The summed E-state index contributed by atoms with van der Waals surface area (Å²) in [4.78, 5) is 30.3. The van der Waals surface area contributed by atoms with Crippen molar-refractivity contribution < 1.29 is 9.59 Å². The number of nitrogens with zero attached hydrogens (tertiary/aromatic N) is 3. The Bertz CT molecular complexity index is 1200. The molecule has 1 N–H and O–H groups in total. The maximum atomic E-state index is 13.4.